The summed E-state index contributed by atoms with van der Waals surface area (Å²) < 4.78 is 26.3. The van der Waals surface area contributed by atoms with Crippen LogP contribution in [0.3, 0.4) is 0 Å². The number of rotatable bonds is 5. The lowest BCUT2D eigenvalue weighted by Crippen LogP contribution is -2.53. The predicted octanol–water partition coefficient (Wildman–Crippen LogP) is 1.73. The molecule has 0 aliphatic heterocycles. The molecule has 0 spiro atoms. The summed E-state index contributed by atoms with van der Waals surface area (Å²) in [5.74, 6) is -5.00. The van der Waals surface area contributed by atoms with Gasteiger partial charge in [-0.1, -0.05) is 13.8 Å². The van der Waals surface area contributed by atoms with Crippen molar-refractivity contribution in [2.75, 3.05) is 0 Å². The van der Waals surface area contributed by atoms with E-state index in [9.17, 15) is 18.4 Å². The largest absolute Gasteiger partial charge is 0.480 e. The van der Waals surface area contributed by atoms with Crippen LogP contribution in [0.15, 0.2) is 12.3 Å². The van der Waals surface area contributed by atoms with Crippen molar-refractivity contribution in [3.63, 3.8) is 0 Å². The number of halogens is 2. The Bertz CT molecular complexity index is 502. The number of aromatic nitrogens is 1. The van der Waals surface area contributed by atoms with Crippen molar-refractivity contribution in [2.45, 2.75) is 32.2 Å². The van der Waals surface area contributed by atoms with E-state index in [-0.39, 0.29) is 12.8 Å². The zero-order valence-electron chi connectivity index (χ0n) is 10.5. The predicted molar refractivity (Wildman–Crippen MR) is 62.6 cm³/mol. The van der Waals surface area contributed by atoms with Gasteiger partial charge in [0.25, 0.3) is 5.91 Å². The molecule has 0 radical (unpaired) electrons. The number of pyridine rings is 1. The molecule has 2 N–H and O–H groups in total. The number of amides is 1. The lowest BCUT2D eigenvalue weighted by molar-refractivity contribution is -0.144. The van der Waals surface area contributed by atoms with Crippen molar-refractivity contribution in [1.29, 1.82) is 0 Å². The maximum Gasteiger partial charge on any atom is 0.329 e. The Morgan fingerprint density at radius 2 is 1.95 bits per heavy atom. The second kappa shape index (κ2) is 5.73. The minimum Gasteiger partial charge on any atom is -0.480 e. The van der Waals surface area contributed by atoms with Gasteiger partial charge in [0.2, 0.25) is 5.95 Å². The quantitative estimate of drug-likeness (QED) is 0.800. The second-order valence-electron chi connectivity index (χ2n) is 4.01. The summed E-state index contributed by atoms with van der Waals surface area (Å²) in [6, 6.07) is 0.992. The number of nitrogens with zero attached hydrogens (tertiary/aromatic N) is 1. The van der Waals surface area contributed by atoms with Crippen LogP contribution >= 0.6 is 0 Å². The van der Waals surface area contributed by atoms with Crippen molar-refractivity contribution in [1.82, 2.24) is 10.3 Å². The molecule has 0 atom stereocenters. The van der Waals surface area contributed by atoms with Crippen LogP contribution in [0, 0.1) is 11.8 Å². The van der Waals surface area contributed by atoms with Crippen LogP contribution in [0.2, 0.25) is 0 Å². The SMILES string of the molecule is CCC(CC)(NC(=O)c1ccnc(F)c1F)C(=O)O. The van der Waals surface area contributed by atoms with E-state index < -0.39 is 34.7 Å². The van der Waals surface area contributed by atoms with Crippen molar-refractivity contribution in [3.8, 4) is 0 Å². The van der Waals surface area contributed by atoms with Gasteiger partial charge in [0.05, 0.1) is 5.56 Å². The first kappa shape index (κ1) is 15.0. The zero-order chi connectivity index (χ0) is 14.6. The topological polar surface area (TPSA) is 79.3 Å². The number of carbonyl (C=O) groups excluding carboxylic acids is 1. The Kier molecular flexibility index (Phi) is 4.52. The molecule has 0 unspecified atom stereocenters. The van der Waals surface area contributed by atoms with Crippen molar-refractivity contribution in [2.24, 2.45) is 0 Å². The molecule has 0 aromatic carbocycles. The monoisotopic (exact) mass is 272 g/mol. The molecule has 1 heterocycles. The Morgan fingerprint density at radius 1 is 1.37 bits per heavy atom. The lowest BCUT2D eigenvalue weighted by Gasteiger charge is -2.28. The van der Waals surface area contributed by atoms with Gasteiger partial charge in [0.15, 0.2) is 5.82 Å². The number of carboxylic acid groups (broad SMARTS) is 1. The first-order valence-electron chi connectivity index (χ1n) is 5.73. The third-order valence-corrected chi connectivity index (χ3v) is 3.06. The molecule has 19 heavy (non-hydrogen) atoms. The van der Waals surface area contributed by atoms with E-state index >= 15 is 0 Å². The average molecular weight is 272 g/mol. The standard InChI is InChI=1S/C12H14F2N2O3/c1-3-12(4-2,11(18)19)16-10(17)7-5-6-15-9(14)8(7)13/h5-6H,3-4H2,1-2H3,(H,16,17)(H,18,19). The third-order valence-electron chi connectivity index (χ3n) is 3.06. The molecule has 0 bridgehead atoms. The summed E-state index contributed by atoms with van der Waals surface area (Å²) in [6.45, 7) is 3.17. The van der Waals surface area contributed by atoms with Gasteiger partial charge in [-0.05, 0) is 18.9 Å². The summed E-state index contributed by atoms with van der Waals surface area (Å²) in [4.78, 5) is 26.1. The third kappa shape index (κ3) is 2.86. The van der Waals surface area contributed by atoms with Crippen LogP contribution in [-0.2, 0) is 4.79 Å². The molecule has 0 aliphatic rings. The Morgan fingerprint density at radius 3 is 2.42 bits per heavy atom. The van der Waals surface area contributed by atoms with Crippen molar-refractivity contribution < 1.29 is 23.5 Å². The van der Waals surface area contributed by atoms with Gasteiger partial charge in [-0.25, -0.2) is 14.2 Å². The molecule has 1 aromatic heterocycles. The van der Waals surface area contributed by atoms with Gasteiger partial charge < -0.3 is 10.4 Å². The highest BCUT2D eigenvalue weighted by atomic mass is 19.2. The van der Waals surface area contributed by atoms with Crippen LogP contribution in [0.1, 0.15) is 37.0 Å². The maximum atomic E-state index is 13.4. The number of nitrogens with one attached hydrogen (secondary N) is 1. The van der Waals surface area contributed by atoms with Gasteiger partial charge in [-0.15, -0.1) is 0 Å². The molecule has 104 valence electrons. The maximum absolute atomic E-state index is 13.4. The van der Waals surface area contributed by atoms with E-state index in [0.717, 1.165) is 12.3 Å². The molecular formula is C12H14F2N2O3. The molecule has 0 saturated carbocycles. The van der Waals surface area contributed by atoms with Gasteiger partial charge in [0.1, 0.15) is 5.54 Å². The lowest BCUT2D eigenvalue weighted by atomic mass is 9.92. The van der Waals surface area contributed by atoms with Gasteiger partial charge in [-0.3, -0.25) is 4.79 Å². The zero-order valence-corrected chi connectivity index (χ0v) is 10.5. The first-order chi connectivity index (χ1) is 8.88. The summed E-state index contributed by atoms with van der Waals surface area (Å²) in [5.41, 5.74) is -2.07. The number of hydrogen-bond donors (Lipinski definition) is 2. The Balaban J connectivity index is 3.08. The molecular weight excluding hydrogens is 258 g/mol. The van der Waals surface area contributed by atoms with Gasteiger partial charge >= 0.3 is 5.97 Å². The molecule has 1 aromatic rings. The number of hydrogen-bond acceptors (Lipinski definition) is 3. The summed E-state index contributed by atoms with van der Waals surface area (Å²) in [7, 11) is 0. The highest BCUT2D eigenvalue weighted by molar-refractivity contribution is 5.97. The molecule has 5 nitrogen and oxygen atoms in total. The Labute approximate surface area is 108 Å². The van der Waals surface area contributed by atoms with E-state index in [1.807, 2.05) is 0 Å². The van der Waals surface area contributed by atoms with Crippen LogP contribution in [-0.4, -0.2) is 27.5 Å². The van der Waals surface area contributed by atoms with Crippen LogP contribution < -0.4 is 5.32 Å². The second-order valence-corrected chi connectivity index (χ2v) is 4.01. The normalized spacial score (nSPS) is 11.2. The Hall–Kier alpha value is -2.05. The molecule has 1 amide bonds. The van der Waals surface area contributed by atoms with Crippen LogP contribution in [0.4, 0.5) is 8.78 Å². The van der Waals surface area contributed by atoms with E-state index in [2.05, 4.69) is 10.3 Å². The number of carbonyl (C=O) groups is 2. The fourth-order valence-electron chi connectivity index (χ4n) is 1.66. The fraction of sp³-hybridized carbons (Fsp3) is 0.417. The highest BCUT2D eigenvalue weighted by Crippen LogP contribution is 2.17. The van der Waals surface area contributed by atoms with Gasteiger partial charge in [0, 0.05) is 6.20 Å². The fourth-order valence-corrected chi connectivity index (χ4v) is 1.66. The van der Waals surface area contributed by atoms with Crippen LogP contribution in [0.25, 0.3) is 0 Å². The average Bonchev–Trinajstić information content (AvgIpc) is 2.38. The van der Waals surface area contributed by atoms with E-state index in [4.69, 9.17) is 5.11 Å². The summed E-state index contributed by atoms with van der Waals surface area (Å²) in [5, 5.41) is 11.4. The van der Waals surface area contributed by atoms with Crippen molar-refractivity contribution in [3.05, 3.63) is 29.6 Å². The molecule has 0 aliphatic carbocycles. The van der Waals surface area contributed by atoms with E-state index in [1.165, 1.54) is 0 Å². The number of carboxylic acids is 1. The summed E-state index contributed by atoms with van der Waals surface area (Å²) in [6.07, 6.45) is 1.19. The smallest absolute Gasteiger partial charge is 0.329 e. The minimum absolute atomic E-state index is 0.125. The van der Waals surface area contributed by atoms with Gasteiger partial charge in [-0.2, -0.15) is 4.39 Å². The summed E-state index contributed by atoms with van der Waals surface area (Å²) >= 11 is 0. The number of aliphatic carboxylic acids is 1. The van der Waals surface area contributed by atoms with E-state index in [1.54, 1.807) is 13.8 Å². The van der Waals surface area contributed by atoms with Crippen molar-refractivity contribution >= 4 is 11.9 Å². The molecule has 7 heteroatoms. The molecule has 1 rings (SSSR count). The van der Waals surface area contributed by atoms with Crippen LogP contribution in [0.5, 0.6) is 0 Å². The molecule has 0 saturated heterocycles. The molecule has 0 fully saturated rings. The first-order valence-corrected chi connectivity index (χ1v) is 5.73. The minimum atomic E-state index is -1.50. The highest BCUT2D eigenvalue weighted by Gasteiger charge is 2.37. The van der Waals surface area contributed by atoms with E-state index in [0.29, 0.717) is 0 Å².